The van der Waals surface area contributed by atoms with Gasteiger partial charge in [0.15, 0.2) is 19.7 Å². The molecule has 0 radical (unpaired) electrons. The highest BCUT2D eigenvalue weighted by molar-refractivity contribution is 8.78. The highest BCUT2D eigenvalue weighted by Crippen LogP contribution is 2.57. The van der Waals surface area contributed by atoms with E-state index in [1.165, 1.54) is 66.7 Å². The molecule has 4 aromatic carbocycles. The maximum absolute atomic E-state index is 15.0. The first-order valence-corrected chi connectivity index (χ1v) is 79.1. The lowest BCUT2D eigenvalue weighted by Crippen LogP contribution is -2.57. The minimum Gasteiger partial charge on any atom is -0.469 e. The Morgan fingerprint density at radius 3 is 1.26 bits per heavy atom. The molecule has 806 valence electrons. The lowest BCUT2D eigenvalue weighted by Gasteiger charge is -2.51. The monoisotopic (exact) mass is 2500 g/mol. The van der Waals surface area contributed by atoms with Crippen LogP contribution in [0.5, 0.6) is 0 Å². The number of anilines is 1. The first-order valence-electron chi connectivity index (χ1n) is 46.3. The molecule has 3 aliphatic carbocycles. The zero-order chi connectivity index (χ0) is 103. The van der Waals surface area contributed by atoms with Gasteiger partial charge >= 0.3 is 18.0 Å². The number of methoxy groups -OCH3 is 2. The van der Waals surface area contributed by atoms with Crippen LogP contribution >= 0.6 is 24.0 Å². The summed E-state index contributed by atoms with van der Waals surface area (Å²) in [5, 5.41) is 15.4. The fourth-order valence-corrected chi connectivity index (χ4v) is 76.1. The standard InChI is InChI=1S/C43H57FN6O5S.C41H55FN6O6S.C6H10ClNO.CH4.ClH.S23/c1-47(2)19-6-11-41(51)49-28-39(29-49)56(53,54)38-14-12-32(13-15-38)34-23-31(24-34)27-48-20-16-35(17-21-48)43(30-50-22-18-45-46-50,36-8-5-9-37(44)26-36)40-10-4-7-33(40)25-42(52)55-3;1-40(2,3)54-39(50)47-26-36(27-47)55(51,52)35-13-11-34(12-14-35)46-24-29(25-46)23-45-18-15-31(16-19-45)41(28-48-20-17-43-44-48,32-8-6-9-33(42)22-32)37-10-5-7-30(37)21-38(49)53-4;1-8(2)5-3-4-6(7)9;;;1-3-5-7-9-11-13-15-17-19-21-23-22-20-18-16-14-12-10-8-6-4-2/h5-6,8-9,11-15,18,22,26,31,33-35,39-40H,4,7,10,16-17,19-21,23-25,27-30H2,1-3H3;6,8-9,11-14,17,20,22,29-31,36-37H,5,7,10,15-16,18-19,21,23-28H2,1-4H3;3-4H,5H2,1-2H3;1H4;1H;/b11-6+;;4-3+;;;/t31?,33-,34?,40+,43+;30-,37+,41+;;;;/m11..../s1. The molecule has 54 heteroatoms. The predicted molar refractivity (Wildman–Crippen MR) is 639 cm³/mol. The van der Waals surface area contributed by atoms with Crippen molar-refractivity contribution in [2.45, 2.75) is 174 Å². The summed E-state index contributed by atoms with van der Waals surface area (Å²) >= 11 is 14.6. The van der Waals surface area contributed by atoms with Crippen molar-refractivity contribution in [2.75, 3.05) is 139 Å². The van der Waals surface area contributed by atoms with Gasteiger partial charge in [-0.1, -0.05) is 79.2 Å². The van der Waals surface area contributed by atoms with E-state index in [2.05, 4.69) is 47.5 Å². The Bertz CT molecular complexity index is 6600. The van der Waals surface area contributed by atoms with Crippen LogP contribution in [-0.2, 0) is 286 Å². The van der Waals surface area contributed by atoms with E-state index < -0.39 is 57.9 Å². The van der Waals surface area contributed by atoms with Crippen LogP contribution < -0.4 is 4.90 Å². The number of nitrogens with zero attached hydrogens (tertiary/aromatic N) is 13. The van der Waals surface area contributed by atoms with Gasteiger partial charge in [-0.05, 0) is 282 Å². The summed E-state index contributed by atoms with van der Waals surface area (Å²) in [6.45, 7) is 16.2. The number of hydrogen-bond acceptors (Lipinski definition) is 23. The van der Waals surface area contributed by atoms with Crippen molar-refractivity contribution in [3.8, 4) is 0 Å². The van der Waals surface area contributed by atoms with E-state index in [9.17, 15) is 40.8 Å². The van der Waals surface area contributed by atoms with E-state index in [4.69, 9.17) is 48.2 Å². The molecule has 7 heterocycles. The molecular formula is C91H127Cl2F2N13O12S25. The van der Waals surface area contributed by atoms with Gasteiger partial charge in [-0.2, -0.15) is 0 Å². The molecule has 25 nitrogen and oxygen atoms in total. The third-order valence-corrected chi connectivity index (χ3v) is 75.9. The molecule has 8 fully saturated rings. The van der Waals surface area contributed by atoms with Crippen LogP contribution in [0, 0.1) is 59.0 Å². The smallest absolute Gasteiger partial charge is 0.410 e. The van der Waals surface area contributed by atoms with Crippen LogP contribution in [0.2, 0.25) is 0 Å². The number of carbonyl (C=O) groups is 5. The number of allylic oxidation sites excluding steroid dienone is 1. The maximum atomic E-state index is 15.0. The van der Waals surface area contributed by atoms with Crippen molar-refractivity contribution < 1.29 is 63.8 Å². The molecular weight excluding hydrogens is 2380 g/mol. The van der Waals surface area contributed by atoms with E-state index in [0.29, 0.717) is 55.1 Å². The first kappa shape index (κ1) is 126. The number of likely N-dealkylation sites (N-methyl/N-ethyl adjacent to an activating group) is 2. The van der Waals surface area contributed by atoms with Gasteiger partial charge in [-0.3, -0.25) is 28.5 Å². The third kappa shape index (κ3) is 38.5. The summed E-state index contributed by atoms with van der Waals surface area (Å²) in [5.41, 5.74) is 2.67. The van der Waals surface area contributed by atoms with Crippen molar-refractivity contribution in [2.24, 2.45) is 47.3 Å². The molecule has 6 aromatic rings. The molecule has 2 aromatic heterocycles. The van der Waals surface area contributed by atoms with Gasteiger partial charge in [0.05, 0.1) is 49.5 Å². The van der Waals surface area contributed by atoms with Crippen LogP contribution in [-0.4, -0.2) is 256 Å². The van der Waals surface area contributed by atoms with Crippen molar-refractivity contribution in [3.63, 3.8) is 0 Å². The lowest BCUT2D eigenvalue weighted by molar-refractivity contribution is -0.143. The topological polar surface area (TPSA) is 265 Å². The Balaban J connectivity index is 0.000000247. The first-order chi connectivity index (χ1) is 68.7. The van der Waals surface area contributed by atoms with Gasteiger partial charge in [-0.15, -0.1) is 22.6 Å². The summed E-state index contributed by atoms with van der Waals surface area (Å²) < 4.78 is 103. The Labute approximate surface area is 933 Å². The number of carbonyl (C=O) groups excluding carboxylic acids is 5. The molecule has 2 amide bonds. The molecule has 5 aliphatic heterocycles. The maximum Gasteiger partial charge on any atom is 0.410 e. The van der Waals surface area contributed by atoms with Gasteiger partial charge in [-0.25, -0.2) is 30.4 Å². The number of ether oxygens (including phenoxy) is 3. The third-order valence-electron chi connectivity index (χ3n) is 27.1. The van der Waals surface area contributed by atoms with Crippen molar-refractivity contribution in [1.29, 1.82) is 0 Å². The minimum absolute atomic E-state index is 0. The Hall–Kier alpha value is -2.97. The molecule has 0 unspecified atom stereocenters. The Morgan fingerprint density at radius 1 is 0.510 bits per heavy atom. The van der Waals surface area contributed by atoms with Crippen molar-refractivity contribution in [1.82, 2.24) is 59.4 Å². The fourth-order valence-electron chi connectivity index (χ4n) is 20.6. The van der Waals surface area contributed by atoms with Crippen LogP contribution in [0.25, 0.3) is 0 Å². The van der Waals surface area contributed by atoms with Gasteiger partial charge in [0.1, 0.15) is 27.7 Å². The zero-order valence-electron chi connectivity index (χ0n) is 80.9. The number of hydrogen-bond donors (Lipinski definition) is 0. The van der Waals surface area contributed by atoms with E-state index in [1.807, 2.05) is 123 Å². The Morgan fingerprint density at radius 2 is 0.897 bits per heavy atom. The van der Waals surface area contributed by atoms with E-state index >= 15 is 8.78 Å². The van der Waals surface area contributed by atoms with Crippen LogP contribution in [0.3, 0.4) is 0 Å². The molecule has 0 bridgehead atoms. The van der Waals surface area contributed by atoms with Crippen LogP contribution in [0.4, 0.5) is 19.3 Å². The number of sulfone groups is 2. The summed E-state index contributed by atoms with van der Waals surface area (Å²) in [4.78, 5) is 75.0. The number of rotatable bonds is 30. The second-order valence-corrected chi connectivity index (χ2v) is 79.5. The normalized spacial score (nSPS) is 20.2. The van der Waals surface area contributed by atoms with E-state index in [1.54, 1.807) is 229 Å². The summed E-state index contributed by atoms with van der Waals surface area (Å²) in [6, 6.07) is 28.8. The van der Waals surface area contributed by atoms with Gasteiger partial charge < -0.3 is 48.5 Å². The number of halogens is 4. The zero-order valence-corrected chi connectivity index (χ0v) is 103. The largest absolute Gasteiger partial charge is 0.469 e. The highest BCUT2D eigenvalue weighted by Gasteiger charge is 2.55. The van der Waals surface area contributed by atoms with Gasteiger partial charge in [0.25, 0.3) is 0 Å². The molecule has 6 atom stereocenters. The molecule has 0 spiro atoms. The molecule has 3 saturated carbocycles. The molecule has 145 heavy (non-hydrogen) atoms. The number of aromatic nitrogens is 6. The number of esters is 2. The van der Waals surface area contributed by atoms with E-state index in [0.717, 1.165) is 153 Å². The quantitative estimate of drug-likeness (QED) is 0.0175. The van der Waals surface area contributed by atoms with Crippen LogP contribution in [0.15, 0.2) is 156 Å². The SMILES string of the molecule is C.CN(C)C/C=C/C(=O)Cl.COC(=O)C[C@H]1CCC[C@@H]1[C@](Cn1ccnn1)(c1cccc(F)c1)C1CCN(CC2CC(c3ccc(S(=O)(=O)C4CN(C(=O)/C=C/CN(C)C)C4)cc3)C2)CC1.COC(=O)C[C@H]1CCC[C@@H]1[C@](Cn1ccnn1)(c1cccc(F)c1)C1CCN(CC2CN(c3ccc(S(=O)(=O)C4CN(C(=O)OC(C)(C)C)C4)cc3)C2)CC1.Cl.S=S=S=S=S=S=S=S=S=S=S=S=S=S=S=S=S=S=S=S=S=S=S. The fraction of sp³-hybridized carbons (Fsp3) is 0.593. The molecule has 5 saturated heterocycles. The number of piperidine rings is 2. The number of likely N-dealkylation sites (tertiary alicyclic amines) is 4. The van der Waals surface area contributed by atoms with Crippen molar-refractivity contribution >= 4 is 287 Å². The van der Waals surface area contributed by atoms with Crippen LogP contribution in [0.1, 0.15) is 141 Å². The average molecular weight is 2510 g/mol. The molecule has 14 rings (SSSR count). The van der Waals surface area contributed by atoms with E-state index in [-0.39, 0.29) is 116 Å². The Kier molecular flexibility index (Phi) is 55.3. The van der Waals surface area contributed by atoms with Gasteiger partial charge in [0.2, 0.25) is 11.1 Å². The van der Waals surface area contributed by atoms with Crippen molar-refractivity contribution in [3.05, 3.63) is 174 Å². The summed E-state index contributed by atoms with van der Waals surface area (Å²) in [6.07, 6.45) is 25.7. The molecule has 0 N–H and O–H groups in total. The summed E-state index contributed by atoms with van der Waals surface area (Å²) in [5.74, 6) is 1.60. The summed E-state index contributed by atoms with van der Waals surface area (Å²) in [7, 11) is 39.8. The highest BCUT2D eigenvalue weighted by atomic mass is 35.5. The second-order valence-electron chi connectivity index (χ2n) is 37.5. The van der Waals surface area contributed by atoms with Gasteiger partial charge in [0, 0.05) is 328 Å². The number of benzene rings is 4. The minimum atomic E-state index is -3.56. The second kappa shape index (κ2) is 63.9. The predicted octanol–water partition coefficient (Wildman–Crippen LogP) is 12.8. The number of amides is 2. The molecule has 8 aliphatic rings. The average Bonchev–Trinajstić information content (AvgIpc) is 1.69. The lowest BCUT2D eigenvalue weighted by atomic mass is 9.57.